The third kappa shape index (κ3) is 3.16. The number of aromatic nitrogens is 1. The number of fused-ring (bicyclic) bond motifs is 1. The zero-order valence-electron chi connectivity index (χ0n) is 14.0. The number of hydrogen-bond acceptors (Lipinski definition) is 5. The van der Waals surface area contributed by atoms with Crippen molar-refractivity contribution < 1.29 is 12.9 Å². The minimum absolute atomic E-state index is 0.121. The highest BCUT2D eigenvalue weighted by Crippen LogP contribution is 2.29. The fraction of sp³-hybridized carbons (Fsp3) is 0.105. The lowest BCUT2D eigenvalue weighted by molar-refractivity contribution is 0.398. The van der Waals surface area contributed by atoms with Crippen LogP contribution in [0.25, 0.3) is 21.3 Å². The predicted molar refractivity (Wildman–Crippen MR) is 103 cm³/mol. The molecule has 0 aliphatic heterocycles. The van der Waals surface area contributed by atoms with Crippen molar-refractivity contribution in [1.82, 2.24) is 9.88 Å². The van der Waals surface area contributed by atoms with Crippen LogP contribution >= 0.6 is 11.3 Å². The highest BCUT2D eigenvalue weighted by atomic mass is 32.2. The first-order valence-electron chi connectivity index (χ1n) is 8.03. The van der Waals surface area contributed by atoms with Gasteiger partial charge in [-0.1, -0.05) is 53.7 Å². The third-order valence-corrected chi connectivity index (χ3v) is 7.13. The summed E-state index contributed by atoms with van der Waals surface area (Å²) in [7, 11) is -3.61. The first kappa shape index (κ1) is 17.0. The van der Waals surface area contributed by atoms with Crippen molar-refractivity contribution in [2.24, 2.45) is 0 Å². The van der Waals surface area contributed by atoms with Crippen molar-refractivity contribution in [3.63, 3.8) is 0 Å². The number of nitrogens with zero attached hydrogens (tertiary/aromatic N) is 1. The molecule has 0 bridgehead atoms. The fourth-order valence-corrected chi connectivity index (χ4v) is 5.19. The molecule has 0 aliphatic carbocycles. The van der Waals surface area contributed by atoms with Gasteiger partial charge in [0.1, 0.15) is 15.7 Å². The van der Waals surface area contributed by atoms with Gasteiger partial charge in [0, 0.05) is 22.4 Å². The number of benzene rings is 2. The molecular formula is C19H16N2O3S2. The second kappa shape index (κ2) is 6.68. The molecule has 0 radical (unpaired) electrons. The molecule has 0 spiro atoms. The molecule has 0 saturated heterocycles. The van der Waals surface area contributed by atoms with E-state index in [4.69, 9.17) is 4.52 Å². The summed E-state index contributed by atoms with van der Waals surface area (Å²) < 4.78 is 34.6. The molecule has 2 heterocycles. The Morgan fingerprint density at radius 1 is 1.08 bits per heavy atom. The Kier molecular flexibility index (Phi) is 4.36. The maximum absolute atomic E-state index is 12.7. The number of thiophene rings is 1. The molecule has 1 N–H and O–H groups in total. The smallest absolute Gasteiger partial charge is 0.250 e. The number of nitrogens with one attached hydrogen (secondary N) is 1. The molecule has 0 saturated carbocycles. The summed E-state index contributed by atoms with van der Waals surface area (Å²) in [5.41, 5.74) is 2.28. The molecule has 0 aliphatic rings. The van der Waals surface area contributed by atoms with Crippen LogP contribution in [-0.2, 0) is 16.6 Å². The zero-order valence-corrected chi connectivity index (χ0v) is 15.6. The quantitative estimate of drug-likeness (QED) is 0.555. The Bertz CT molecular complexity index is 1130. The van der Waals surface area contributed by atoms with Gasteiger partial charge in [-0.05, 0) is 24.4 Å². The van der Waals surface area contributed by atoms with Gasteiger partial charge in [-0.2, -0.15) is 0 Å². The largest absolute Gasteiger partial charge is 0.361 e. The highest BCUT2D eigenvalue weighted by Gasteiger charge is 2.21. The van der Waals surface area contributed by atoms with E-state index >= 15 is 0 Å². The Hall–Kier alpha value is -2.48. The second-order valence-electron chi connectivity index (χ2n) is 5.86. The van der Waals surface area contributed by atoms with Crippen LogP contribution in [0.4, 0.5) is 0 Å². The number of hydrogen-bond donors (Lipinski definition) is 1. The van der Waals surface area contributed by atoms with Gasteiger partial charge in [0.05, 0.1) is 0 Å². The van der Waals surface area contributed by atoms with Crippen molar-refractivity contribution in [3.05, 3.63) is 72.0 Å². The summed E-state index contributed by atoms with van der Waals surface area (Å²) in [6, 6.07) is 18.9. The average Bonchev–Trinajstić information content (AvgIpc) is 3.25. The molecule has 7 heteroatoms. The van der Waals surface area contributed by atoms with Crippen LogP contribution < -0.4 is 4.72 Å². The van der Waals surface area contributed by atoms with E-state index in [1.54, 1.807) is 13.0 Å². The van der Waals surface area contributed by atoms with E-state index in [1.807, 2.05) is 54.6 Å². The Morgan fingerprint density at radius 2 is 1.81 bits per heavy atom. The van der Waals surface area contributed by atoms with E-state index in [0.29, 0.717) is 15.7 Å². The third-order valence-electron chi connectivity index (χ3n) is 4.14. The topological polar surface area (TPSA) is 72.2 Å². The first-order valence-corrected chi connectivity index (χ1v) is 10.3. The second-order valence-corrected chi connectivity index (χ2v) is 8.94. The molecular weight excluding hydrogens is 368 g/mol. The molecule has 132 valence electrons. The van der Waals surface area contributed by atoms with E-state index in [1.165, 1.54) is 11.3 Å². The van der Waals surface area contributed by atoms with Crippen LogP contribution in [-0.4, -0.2) is 13.6 Å². The molecule has 0 fully saturated rings. The molecule has 26 heavy (non-hydrogen) atoms. The van der Waals surface area contributed by atoms with Crippen molar-refractivity contribution >= 4 is 31.4 Å². The summed E-state index contributed by atoms with van der Waals surface area (Å²) in [6.07, 6.45) is 0. The van der Waals surface area contributed by atoms with E-state index < -0.39 is 10.0 Å². The molecule has 5 nitrogen and oxygen atoms in total. The van der Waals surface area contributed by atoms with Crippen LogP contribution in [0.1, 0.15) is 11.3 Å². The van der Waals surface area contributed by atoms with Gasteiger partial charge in [-0.15, -0.1) is 11.3 Å². The minimum Gasteiger partial charge on any atom is -0.361 e. The van der Waals surface area contributed by atoms with Gasteiger partial charge in [-0.3, -0.25) is 0 Å². The normalized spacial score (nSPS) is 11.9. The van der Waals surface area contributed by atoms with Crippen molar-refractivity contribution in [2.75, 3.05) is 0 Å². The number of rotatable bonds is 5. The lowest BCUT2D eigenvalue weighted by atomic mass is 10.1. The maximum Gasteiger partial charge on any atom is 0.250 e. The van der Waals surface area contributed by atoms with Gasteiger partial charge in [0.15, 0.2) is 0 Å². The van der Waals surface area contributed by atoms with Gasteiger partial charge in [-0.25, -0.2) is 13.1 Å². The maximum atomic E-state index is 12.7. The van der Waals surface area contributed by atoms with Gasteiger partial charge >= 0.3 is 0 Å². The Balaban J connectivity index is 1.62. The predicted octanol–water partition coefficient (Wildman–Crippen LogP) is 4.34. The van der Waals surface area contributed by atoms with Crippen molar-refractivity contribution in [1.29, 1.82) is 0 Å². The monoisotopic (exact) mass is 384 g/mol. The van der Waals surface area contributed by atoms with Crippen molar-refractivity contribution in [3.8, 4) is 11.3 Å². The Morgan fingerprint density at radius 3 is 2.58 bits per heavy atom. The lowest BCUT2D eigenvalue weighted by Crippen LogP contribution is -2.22. The Labute approximate surface area is 155 Å². The van der Waals surface area contributed by atoms with E-state index in [9.17, 15) is 8.42 Å². The fourth-order valence-electron chi connectivity index (χ4n) is 2.75. The minimum atomic E-state index is -3.61. The number of aryl methyl sites for hydroxylation is 1. The molecule has 0 amide bonds. The summed E-state index contributed by atoms with van der Waals surface area (Å²) in [5, 5.41) is 5.01. The molecule has 4 aromatic rings. The summed E-state index contributed by atoms with van der Waals surface area (Å²) >= 11 is 1.26. The zero-order chi connectivity index (χ0) is 18.1. The van der Waals surface area contributed by atoms with Crippen LogP contribution in [0.15, 0.2) is 69.4 Å². The first-order chi connectivity index (χ1) is 12.5. The molecule has 0 atom stereocenters. The summed E-state index contributed by atoms with van der Waals surface area (Å²) in [4.78, 5) is 0. The van der Waals surface area contributed by atoms with Gasteiger partial charge < -0.3 is 4.52 Å². The SMILES string of the molecule is Cc1onc(-c2ccccc2)c1CNS(=O)(=O)c1cc2ccccc2s1. The lowest BCUT2D eigenvalue weighted by Gasteiger charge is -2.05. The van der Waals surface area contributed by atoms with Crippen LogP contribution in [0.3, 0.4) is 0 Å². The van der Waals surface area contributed by atoms with E-state index in [0.717, 1.165) is 21.2 Å². The van der Waals surface area contributed by atoms with Gasteiger partial charge in [0.2, 0.25) is 10.0 Å². The molecule has 0 unspecified atom stereocenters. The average molecular weight is 384 g/mol. The van der Waals surface area contributed by atoms with Crippen LogP contribution in [0, 0.1) is 6.92 Å². The van der Waals surface area contributed by atoms with Crippen LogP contribution in [0.2, 0.25) is 0 Å². The summed E-state index contributed by atoms with van der Waals surface area (Å²) in [6.45, 7) is 1.90. The van der Waals surface area contributed by atoms with Crippen LogP contribution in [0.5, 0.6) is 0 Å². The molecule has 2 aromatic carbocycles. The summed E-state index contributed by atoms with van der Waals surface area (Å²) in [5.74, 6) is 0.600. The van der Waals surface area contributed by atoms with E-state index in [2.05, 4.69) is 9.88 Å². The molecule has 2 aromatic heterocycles. The van der Waals surface area contributed by atoms with E-state index in [-0.39, 0.29) is 6.54 Å². The standard InChI is InChI=1S/C19H16N2O3S2/c1-13-16(19(21-24-13)14-7-3-2-4-8-14)12-20-26(22,23)18-11-15-9-5-6-10-17(15)25-18/h2-11,20H,12H2,1H3. The highest BCUT2D eigenvalue weighted by molar-refractivity contribution is 7.91. The van der Waals surface area contributed by atoms with Crippen molar-refractivity contribution in [2.45, 2.75) is 17.7 Å². The number of sulfonamides is 1. The van der Waals surface area contributed by atoms with Gasteiger partial charge in [0.25, 0.3) is 0 Å². The molecule has 4 rings (SSSR count).